The van der Waals surface area contributed by atoms with Crippen LogP contribution in [0.3, 0.4) is 0 Å². The number of aliphatic hydroxyl groups is 2. The molecule has 61 heavy (non-hydrogen) atoms. The highest BCUT2D eigenvalue weighted by molar-refractivity contribution is 5.96. The molecule has 2 heterocycles. The Balaban J connectivity index is 1.62. The molecule has 2 saturated carbocycles. The quantitative estimate of drug-likeness (QED) is 0.184. The summed E-state index contributed by atoms with van der Waals surface area (Å²) in [6.07, 6.45) is -20.4. The third kappa shape index (κ3) is 7.28. The molecule has 6 rings (SSSR count). The van der Waals surface area contributed by atoms with Crippen molar-refractivity contribution in [3.8, 4) is 0 Å². The number of Topliss-reactive ketones (excluding diaryl/α,β-unsaturated/α-hetero) is 1. The number of carbonyl (C=O) groups is 7. The molecule has 334 valence electrons. The first-order valence-electron chi connectivity index (χ1n) is 19.5. The molecule has 0 radical (unpaired) electrons. The molecule has 2 bridgehead atoms. The smallest absolute Gasteiger partial charge is 0.454 e. The number of nitrogens with one attached hydrogen (secondary N) is 1. The van der Waals surface area contributed by atoms with E-state index >= 15 is 4.79 Å². The number of alkyl carbamates (subject to hydrolysis) is 1. The Morgan fingerprint density at radius 2 is 1.61 bits per heavy atom. The van der Waals surface area contributed by atoms with Crippen molar-refractivity contribution in [2.75, 3.05) is 6.61 Å². The fourth-order valence-corrected chi connectivity index (χ4v) is 9.84. The molecule has 5 aliphatic rings. The van der Waals surface area contributed by atoms with Crippen molar-refractivity contribution >= 4 is 41.9 Å². The van der Waals surface area contributed by atoms with Gasteiger partial charge in [0.05, 0.1) is 29.6 Å². The first-order valence-corrected chi connectivity index (χ1v) is 19.5. The minimum absolute atomic E-state index is 0.0462. The Morgan fingerprint density at radius 3 is 2.15 bits per heavy atom. The molecular formula is C41H49F2NO17. The average Bonchev–Trinajstić information content (AvgIpc) is 3.51. The van der Waals surface area contributed by atoms with Crippen LogP contribution in [0.1, 0.15) is 79.1 Å². The molecular weight excluding hydrogens is 816 g/mol. The van der Waals surface area contributed by atoms with Gasteiger partial charge in [-0.25, -0.2) is 28.0 Å². The van der Waals surface area contributed by atoms with Gasteiger partial charge in [0.15, 0.2) is 41.9 Å². The van der Waals surface area contributed by atoms with Crippen molar-refractivity contribution in [2.45, 2.75) is 141 Å². The Morgan fingerprint density at radius 1 is 0.967 bits per heavy atom. The van der Waals surface area contributed by atoms with Gasteiger partial charge >= 0.3 is 36.1 Å². The maximum atomic E-state index is 15.5. The van der Waals surface area contributed by atoms with E-state index in [2.05, 4.69) is 0 Å². The van der Waals surface area contributed by atoms with Crippen LogP contribution in [0.5, 0.6) is 0 Å². The summed E-state index contributed by atoms with van der Waals surface area (Å²) < 4.78 is 75.6. The minimum atomic E-state index is -3.58. The summed E-state index contributed by atoms with van der Waals surface area (Å²) in [5, 5.41) is 24.9. The van der Waals surface area contributed by atoms with E-state index in [1.54, 1.807) is 11.4 Å². The van der Waals surface area contributed by atoms with E-state index in [0.717, 1.165) is 13.8 Å². The van der Waals surface area contributed by atoms with Crippen LogP contribution in [0.4, 0.5) is 18.4 Å². The van der Waals surface area contributed by atoms with Gasteiger partial charge in [-0.3, -0.25) is 14.4 Å². The first kappa shape index (κ1) is 45.3. The van der Waals surface area contributed by atoms with Gasteiger partial charge in [-0.1, -0.05) is 32.0 Å². The molecule has 2 saturated heterocycles. The SMILES string of the molecule is CC(=O)O[C@H]1C(=O)[C@@]2(C)[C@H]([C@H](OC(=O)c3ccccc3)[C@]34OC(=O)O[C@H]3[C@H](OC(=O)[C@H](O)[C@@H](NC(=O)OC(C)(C)C)C(F)F)C(C)=C1C4(C)C)[C@]1(OC(C)=O)CO[C@@H]1C[C@@H]2O. The van der Waals surface area contributed by atoms with Gasteiger partial charge in [-0.05, 0) is 57.9 Å². The number of hydrogen-bond acceptors (Lipinski definition) is 17. The standard InChI is InChI=1S/C41H49F2NO17/c1-17-23-27(55-18(2)45)29(49)39(9)21(47)15-22-40(16-54-22,59-19(3)46)28(39)31(57-33(50)20-13-11-10-12-14-20)41(38(23,7)8)30(58-36(53)61-41)26(17)56-34(51)25(48)24(32(42)43)44-35(52)60-37(4,5)6/h10-14,21-22,24-28,30-32,47-48H,15-16H2,1-9H3,(H,44,52)/t21-,22+,24+,25+,26+,27+,28-,30-,31-,39+,40-,41+/m0/s1. The number of fused-ring (bicyclic) bond motifs is 4. The predicted molar refractivity (Wildman–Crippen MR) is 198 cm³/mol. The number of carbonyl (C=O) groups excluding carboxylic acids is 7. The van der Waals surface area contributed by atoms with Crippen molar-refractivity contribution in [2.24, 2.45) is 16.7 Å². The van der Waals surface area contributed by atoms with Crippen molar-refractivity contribution in [3.05, 3.63) is 47.0 Å². The van der Waals surface area contributed by atoms with Crippen LogP contribution < -0.4 is 5.32 Å². The maximum Gasteiger partial charge on any atom is 0.509 e. The average molecular weight is 866 g/mol. The van der Waals surface area contributed by atoms with Crippen molar-refractivity contribution < 1.29 is 90.5 Å². The van der Waals surface area contributed by atoms with E-state index in [-0.39, 0.29) is 23.1 Å². The third-order valence-electron chi connectivity index (χ3n) is 12.4. The van der Waals surface area contributed by atoms with E-state index in [1.165, 1.54) is 72.7 Å². The largest absolute Gasteiger partial charge is 0.509 e. The summed E-state index contributed by atoms with van der Waals surface area (Å²) in [6, 6.07) is 4.82. The molecule has 3 N–H and O–H groups in total. The number of hydrogen-bond donors (Lipinski definition) is 3. The highest BCUT2D eigenvalue weighted by Crippen LogP contribution is 2.67. The number of ketones is 1. The van der Waals surface area contributed by atoms with Gasteiger partial charge < -0.3 is 53.4 Å². The number of esters is 4. The van der Waals surface area contributed by atoms with Gasteiger partial charge in [0.25, 0.3) is 6.43 Å². The maximum absolute atomic E-state index is 15.5. The molecule has 0 aromatic heterocycles. The second kappa shape index (κ2) is 15.6. The second-order valence-electron chi connectivity index (χ2n) is 17.6. The molecule has 12 atom stereocenters. The van der Waals surface area contributed by atoms with Gasteiger partial charge in [0, 0.05) is 25.7 Å². The fraction of sp³-hybridized carbons (Fsp3) is 0.634. The summed E-state index contributed by atoms with van der Waals surface area (Å²) >= 11 is 0. The molecule has 4 fully saturated rings. The lowest BCUT2D eigenvalue weighted by Gasteiger charge is -2.67. The number of halogens is 2. The van der Waals surface area contributed by atoms with Crippen LogP contribution >= 0.6 is 0 Å². The number of alkyl halides is 2. The number of rotatable bonds is 9. The Bertz CT molecular complexity index is 2030. The van der Waals surface area contributed by atoms with Gasteiger partial charge in [-0.15, -0.1) is 0 Å². The minimum Gasteiger partial charge on any atom is -0.454 e. The molecule has 20 heteroatoms. The lowest BCUT2D eigenvalue weighted by atomic mass is 9.44. The van der Waals surface area contributed by atoms with E-state index < -0.39 is 137 Å². The fourth-order valence-electron chi connectivity index (χ4n) is 9.84. The Labute approximate surface area is 348 Å². The third-order valence-corrected chi connectivity index (χ3v) is 12.4. The monoisotopic (exact) mass is 865 g/mol. The van der Waals surface area contributed by atoms with E-state index in [0.29, 0.717) is 0 Å². The summed E-state index contributed by atoms with van der Waals surface area (Å²) in [5.74, 6) is -7.49. The summed E-state index contributed by atoms with van der Waals surface area (Å²) in [4.78, 5) is 96.0. The molecule has 3 aliphatic carbocycles. The number of ether oxygens (including phenoxy) is 8. The van der Waals surface area contributed by atoms with Crippen LogP contribution in [0.15, 0.2) is 41.5 Å². The highest BCUT2D eigenvalue weighted by atomic mass is 19.3. The lowest BCUT2D eigenvalue weighted by Crippen LogP contribution is -2.83. The first-order chi connectivity index (χ1) is 28.2. The van der Waals surface area contributed by atoms with Crippen molar-refractivity contribution in [3.63, 3.8) is 0 Å². The molecule has 0 unspecified atom stereocenters. The predicted octanol–water partition coefficient (Wildman–Crippen LogP) is 2.88. The van der Waals surface area contributed by atoms with Crippen molar-refractivity contribution in [1.82, 2.24) is 5.32 Å². The van der Waals surface area contributed by atoms with Crippen molar-refractivity contribution in [1.29, 1.82) is 0 Å². The molecule has 1 spiro atoms. The van der Waals surface area contributed by atoms with E-state index in [1.807, 2.05) is 0 Å². The Hall–Kier alpha value is -5.21. The van der Waals surface area contributed by atoms with E-state index in [4.69, 9.17) is 37.9 Å². The van der Waals surface area contributed by atoms with Crippen LogP contribution in [-0.2, 0) is 57.1 Å². The second-order valence-corrected chi connectivity index (χ2v) is 17.6. The zero-order chi connectivity index (χ0) is 45.4. The van der Waals surface area contributed by atoms with Crippen LogP contribution in [0, 0.1) is 16.7 Å². The molecule has 1 amide bonds. The number of benzene rings is 1. The van der Waals surface area contributed by atoms with Gasteiger partial charge in [0.1, 0.15) is 17.7 Å². The normalized spacial score (nSPS) is 34.6. The van der Waals surface area contributed by atoms with E-state index in [9.17, 15) is 47.8 Å². The molecule has 18 nitrogen and oxygen atoms in total. The van der Waals surface area contributed by atoms with Gasteiger partial charge in [0.2, 0.25) is 5.60 Å². The molecule has 1 aromatic rings. The summed E-state index contributed by atoms with van der Waals surface area (Å²) in [6.45, 7) is 11.4. The summed E-state index contributed by atoms with van der Waals surface area (Å²) in [5.41, 5.74) is -10.1. The van der Waals surface area contributed by atoms with Crippen LogP contribution in [0.25, 0.3) is 0 Å². The van der Waals surface area contributed by atoms with Crippen LogP contribution in [-0.4, -0.2) is 131 Å². The zero-order valence-corrected chi connectivity index (χ0v) is 34.8. The van der Waals surface area contributed by atoms with Gasteiger partial charge in [-0.2, -0.15) is 0 Å². The number of aliphatic hydroxyl groups excluding tert-OH is 2. The zero-order valence-electron chi connectivity index (χ0n) is 34.8. The lowest BCUT2D eigenvalue weighted by molar-refractivity contribution is -0.345. The summed E-state index contributed by atoms with van der Waals surface area (Å²) in [7, 11) is 0. The molecule has 2 aliphatic heterocycles. The topological polar surface area (TPSA) is 246 Å². The molecule has 1 aromatic carbocycles. The number of amides is 1. The Kier molecular flexibility index (Phi) is 11.6. The van der Waals surface area contributed by atoms with Crippen LogP contribution in [0.2, 0.25) is 0 Å². The highest BCUT2D eigenvalue weighted by Gasteiger charge is 2.83.